The highest BCUT2D eigenvalue weighted by atomic mass is 35.5. The molecule has 3 aromatic rings. The summed E-state index contributed by atoms with van der Waals surface area (Å²) in [6, 6.07) is 14.8. The lowest BCUT2D eigenvalue weighted by Crippen LogP contribution is -2.32. The summed E-state index contributed by atoms with van der Waals surface area (Å²) >= 11 is 6.20. The third kappa shape index (κ3) is 2.90. The number of halogens is 1. The maximum absolute atomic E-state index is 12.8. The fourth-order valence-corrected chi connectivity index (χ4v) is 3.54. The van der Waals surface area contributed by atoms with Gasteiger partial charge in [0.2, 0.25) is 0 Å². The highest BCUT2D eigenvalue weighted by Crippen LogP contribution is 2.31. The Morgan fingerprint density at radius 1 is 1.20 bits per heavy atom. The lowest BCUT2D eigenvalue weighted by molar-refractivity contribution is 0.0839. The smallest absolute Gasteiger partial charge is 0.354 e. The summed E-state index contributed by atoms with van der Waals surface area (Å²) < 4.78 is 1.57. The predicted molar refractivity (Wildman–Crippen MR) is 99.8 cm³/mol. The molecule has 0 amide bonds. The average molecular weight is 356 g/mol. The van der Waals surface area contributed by atoms with Crippen molar-refractivity contribution in [2.24, 2.45) is 0 Å². The quantitative estimate of drug-likeness (QED) is 0.767. The van der Waals surface area contributed by atoms with Crippen molar-refractivity contribution in [3.8, 4) is 5.69 Å². The number of para-hydroxylation sites is 1. The van der Waals surface area contributed by atoms with E-state index in [2.05, 4.69) is 4.98 Å². The maximum Gasteiger partial charge on any atom is 0.354 e. The summed E-state index contributed by atoms with van der Waals surface area (Å²) in [5, 5.41) is 11.7. The van der Waals surface area contributed by atoms with E-state index in [1.807, 2.05) is 41.3 Å². The monoisotopic (exact) mass is 355 g/mol. The number of hydrogen-bond acceptors (Lipinski definition) is 4. The van der Waals surface area contributed by atoms with E-state index in [-0.39, 0.29) is 5.69 Å². The van der Waals surface area contributed by atoms with Crippen LogP contribution in [0.3, 0.4) is 0 Å². The first-order chi connectivity index (χ1) is 11.9. The van der Waals surface area contributed by atoms with Crippen LogP contribution in [0.2, 0.25) is 5.02 Å². The zero-order valence-corrected chi connectivity index (χ0v) is 14.6. The van der Waals surface area contributed by atoms with E-state index in [1.165, 1.54) is 0 Å². The molecule has 5 nitrogen and oxygen atoms in total. The van der Waals surface area contributed by atoms with Gasteiger partial charge in [-0.15, -0.1) is 0 Å². The molecule has 1 fully saturated rings. The second kappa shape index (κ2) is 5.86. The molecular formula is C19H18ClN3O2. The molecule has 6 heteroatoms. The van der Waals surface area contributed by atoms with Gasteiger partial charge >= 0.3 is 5.69 Å². The van der Waals surface area contributed by atoms with Gasteiger partial charge in [0, 0.05) is 23.5 Å². The highest BCUT2D eigenvalue weighted by Gasteiger charge is 2.33. The van der Waals surface area contributed by atoms with Crippen LogP contribution in [0.15, 0.2) is 53.3 Å². The number of aliphatic hydroxyl groups is 1. The van der Waals surface area contributed by atoms with Gasteiger partial charge in [-0.1, -0.05) is 29.8 Å². The summed E-state index contributed by atoms with van der Waals surface area (Å²) in [4.78, 5) is 19.1. The molecule has 2 aromatic carbocycles. The van der Waals surface area contributed by atoms with Crippen LogP contribution in [0.5, 0.6) is 0 Å². The first kappa shape index (κ1) is 16.1. The lowest BCUT2D eigenvalue weighted by atomic mass is 10.1. The van der Waals surface area contributed by atoms with Crippen molar-refractivity contribution in [1.82, 2.24) is 9.55 Å². The molecule has 128 valence electrons. The Kier molecular flexibility index (Phi) is 3.78. The van der Waals surface area contributed by atoms with Crippen LogP contribution >= 0.6 is 11.6 Å². The van der Waals surface area contributed by atoms with Gasteiger partial charge in [-0.05, 0) is 43.7 Å². The predicted octanol–water partition coefficient (Wildman–Crippen LogP) is 3.00. The first-order valence-electron chi connectivity index (χ1n) is 8.20. The molecule has 0 saturated carbocycles. The Morgan fingerprint density at radius 2 is 1.96 bits per heavy atom. The zero-order valence-electron chi connectivity index (χ0n) is 13.8. The number of fused-ring (bicyclic) bond motifs is 1. The van der Waals surface area contributed by atoms with E-state index in [1.54, 1.807) is 23.6 Å². The van der Waals surface area contributed by atoms with Crippen molar-refractivity contribution in [3.63, 3.8) is 0 Å². The molecule has 2 heterocycles. The molecule has 0 radical (unpaired) electrons. The van der Waals surface area contributed by atoms with Gasteiger partial charge in [0.25, 0.3) is 0 Å². The van der Waals surface area contributed by atoms with Crippen molar-refractivity contribution in [2.75, 3.05) is 18.0 Å². The Morgan fingerprint density at radius 3 is 2.64 bits per heavy atom. The van der Waals surface area contributed by atoms with Gasteiger partial charge in [-0.2, -0.15) is 4.98 Å². The van der Waals surface area contributed by atoms with E-state index in [4.69, 9.17) is 11.6 Å². The Hall–Kier alpha value is -2.37. The number of benzene rings is 2. The molecule has 1 aromatic heterocycles. The highest BCUT2D eigenvalue weighted by molar-refractivity contribution is 6.31. The zero-order chi connectivity index (χ0) is 17.6. The third-order valence-electron chi connectivity index (χ3n) is 4.60. The number of nitrogens with zero attached hydrogens (tertiary/aromatic N) is 3. The van der Waals surface area contributed by atoms with Crippen molar-refractivity contribution >= 4 is 28.3 Å². The second-order valence-electron chi connectivity index (χ2n) is 6.72. The van der Waals surface area contributed by atoms with Crippen LogP contribution < -0.4 is 10.6 Å². The summed E-state index contributed by atoms with van der Waals surface area (Å²) in [7, 11) is 0. The van der Waals surface area contributed by atoms with Crippen LogP contribution in [0.25, 0.3) is 16.6 Å². The van der Waals surface area contributed by atoms with E-state index in [0.717, 1.165) is 11.1 Å². The molecule has 0 bridgehead atoms. The van der Waals surface area contributed by atoms with Gasteiger partial charge in [-0.3, -0.25) is 4.57 Å². The van der Waals surface area contributed by atoms with Gasteiger partial charge in [-0.25, -0.2) is 4.79 Å². The molecule has 1 saturated heterocycles. The molecule has 1 N–H and O–H groups in total. The number of rotatable bonds is 2. The molecule has 1 atom stereocenters. The molecular weight excluding hydrogens is 338 g/mol. The standard InChI is InChI=1S/C19H18ClN3O2/c1-19(25)9-10-22(12-19)17-15-8-7-13(20)11-16(15)23(18(24)21-17)14-5-3-2-4-6-14/h2-8,11,25H,9-10,12H2,1H3/t19-/m0/s1. The molecule has 0 aliphatic carbocycles. The molecule has 25 heavy (non-hydrogen) atoms. The Bertz CT molecular complexity index is 999. The fourth-order valence-electron chi connectivity index (χ4n) is 3.38. The van der Waals surface area contributed by atoms with Gasteiger partial charge in [0.05, 0.1) is 16.8 Å². The van der Waals surface area contributed by atoms with Crippen LogP contribution in [-0.2, 0) is 0 Å². The molecule has 0 spiro atoms. The Labute approximate surface area is 150 Å². The van der Waals surface area contributed by atoms with E-state index in [9.17, 15) is 9.90 Å². The molecule has 4 rings (SSSR count). The van der Waals surface area contributed by atoms with E-state index >= 15 is 0 Å². The Balaban J connectivity index is 1.98. The SMILES string of the molecule is C[C@]1(O)CCN(c2nc(=O)n(-c3ccccc3)c3cc(Cl)ccc23)C1. The van der Waals surface area contributed by atoms with Crippen molar-refractivity contribution in [1.29, 1.82) is 0 Å². The largest absolute Gasteiger partial charge is 0.388 e. The van der Waals surface area contributed by atoms with E-state index in [0.29, 0.717) is 35.9 Å². The molecule has 0 unspecified atom stereocenters. The van der Waals surface area contributed by atoms with Gasteiger partial charge in [0.1, 0.15) is 5.82 Å². The van der Waals surface area contributed by atoms with Gasteiger partial charge in [0.15, 0.2) is 0 Å². The number of aromatic nitrogens is 2. The minimum atomic E-state index is -0.769. The van der Waals surface area contributed by atoms with Crippen molar-refractivity contribution in [2.45, 2.75) is 18.9 Å². The van der Waals surface area contributed by atoms with Crippen LogP contribution in [0, 0.1) is 0 Å². The first-order valence-corrected chi connectivity index (χ1v) is 8.57. The van der Waals surface area contributed by atoms with E-state index < -0.39 is 5.60 Å². The minimum absolute atomic E-state index is 0.359. The maximum atomic E-state index is 12.8. The molecule has 1 aliphatic rings. The second-order valence-corrected chi connectivity index (χ2v) is 7.16. The third-order valence-corrected chi connectivity index (χ3v) is 4.84. The summed E-state index contributed by atoms with van der Waals surface area (Å²) in [5.41, 5.74) is 0.323. The fraction of sp³-hybridized carbons (Fsp3) is 0.263. The number of β-amino-alcohol motifs (C(OH)–C–C–N with tert-alkyl or cyclic N) is 1. The van der Waals surface area contributed by atoms with Crippen molar-refractivity contribution in [3.05, 3.63) is 64.0 Å². The average Bonchev–Trinajstić information content (AvgIpc) is 2.94. The number of hydrogen-bond donors (Lipinski definition) is 1. The summed E-state index contributed by atoms with van der Waals surface area (Å²) in [5.74, 6) is 0.599. The van der Waals surface area contributed by atoms with Crippen LogP contribution in [-0.4, -0.2) is 33.3 Å². The lowest BCUT2D eigenvalue weighted by Gasteiger charge is -2.22. The number of anilines is 1. The topological polar surface area (TPSA) is 58.4 Å². The minimum Gasteiger partial charge on any atom is -0.388 e. The summed E-state index contributed by atoms with van der Waals surface area (Å²) in [6.45, 7) is 2.91. The van der Waals surface area contributed by atoms with Crippen LogP contribution in [0.1, 0.15) is 13.3 Å². The van der Waals surface area contributed by atoms with Crippen molar-refractivity contribution < 1.29 is 5.11 Å². The normalized spacial score (nSPS) is 20.4. The van der Waals surface area contributed by atoms with Crippen LogP contribution in [0.4, 0.5) is 5.82 Å². The summed E-state index contributed by atoms with van der Waals surface area (Å²) in [6.07, 6.45) is 0.644. The van der Waals surface area contributed by atoms with Gasteiger partial charge < -0.3 is 10.0 Å². The molecule has 1 aliphatic heterocycles.